The van der Waals surface area contributed by atoms with Gasteiger partial charge in [-0.05, 0) is 50.2 Å². The third-order valence-corrected chi connectivity index (χ3v) is 3.84. The van der Waals surface area contributed by atoms with E-state index in [1.165, 1.54) is 42.6 Å². The zero-order chi connectivity index (χ0) is 9.60. The summed E-state index contributed by atoms with van der Waals surface area (Å²) in [4.78, 5) is 3.53. The number of fused-ring (bicyclic) bond motifs is 1. The minimum Gasteiger partial charge on any atom is -0.395 e. The van der Waals surface area contributed by atoms with Crippen molar-refractivity contribution < 1.29 is 5.11 Å². The molecule has 0 aliphatic heterocycles. The predicted octanol–water partition coefficient (Wildman–Crippen LogP) is 1.92. The van der Waals surface area contributed by atoms with Crippen molar-refractivity contribution in [2.24, 2.45) is 0 Å². The van der Waals surface area contributed by atoms with Crippen LogP contribution in [0.3, 0.4) is 0 Å². The molecule has 3 rings (SSSR count). The lowest BCUT2D eigenvalue weighted by molar-refractivity contribution is 0.253. The number of aliphatic hydroxyl groups is 1. The van der Waals surface area contributed by atoms with Gasteiger partial charge in [0.15, 0.2) is 0 Å². The van der Waals surface area contributed by atoms with E-state index in [0.29, 0.717) is 6.61 Å². The van der Waals surface area contributed by atoms with Crippen molar-refractivity contribution in [2.75, 3.05) is 6.61 Å². The topological polar surface area (TPSA) is 36.0 Å². The Kier molecular flexibility index (Phi) is 1.75. The summed E-state index contributed by atoms with van der Waals surface area (Å²) in [7, 11) is 0. The van der Waals surface area contributed by atoms with Crippen LogP contribution in [0.5, 0.6) is 0 Å². The minimum atomic E-state index is 0.122. The second-order valence-corrected chi connectivity index (χ2v) is 4.83. The SMILES string of the molecule is OCC1(c2cc3c([nH]2)CCCC3)CC1. The fourth-order valence-electron chi connectivity index (χ4n) is 2.55. The maximum Gasteiger partial charge on any atom is 0.0542 e. The molecule has 2 aliphatic carbocycles. The molecule has 0 aromatic carbocycles. The Labute approximate surface area is 84.3 Å². The number of hydrogen-bond donors (Lipinski definition) is 2. The van der Waals surface area contributed by atoms with Gasteiger partial charge in [-0.1, -0.05) is 0 Å². The van der Waals surface area contributed by atoms with Crippen molar-refractivity contribution in [3.63, 3.8) is 0 Å². The van der Waals surface area contributed by atoms with E-state index in [2.05, 4.69) is 11.1 Å². The molecule has 1 saturated carbocycles. The average molecular weight is 191 g/mol. The smallest absolute Gasteiger partial charge is 0.0542 e. The number of H-pyrrole nitrogens is 1. The van der Waals surface area contributed by atoms with E-state index in [1.54, 1.807) is 0 Å². The molecule has 2 N–H and O–H groups in total. The summed E-state index contributed by atoms with van der Waals surface area (Å²) in [6, 6.07) is 2.30. The van der Waals surface area contributed by atoms with Crippen molar-refractivity contribution in [2.45, 2.75) is 43.9 Å². The molecule has 0 spiro atoms. The van der Waals surface area contributed by atoms with Crippen LogP contribution in [-0.2, 0) is 18.3 Å². The molecule has 2 aliphatic rings. The molecule has 0 saturated heterocycles. The summed E-state index contributed by atoms with van der Waals surface area (Å²) in [6.45, 7) is 0.312. The number of aliphatic hydroxyl groups excluding tert-OH is 1. The van der Waals surface area contributed by atoms with Crippen molar-refractivity contribution in [1.29, 1.82) is 0 Å². The van der Waals surface area contributed by atoms with Crippen LogP contribution in [-0.4, -0.2) is 16.7 Å². The molecule has 1 aromatic heterocycles. The number of hydrogen-bond acceptors (Lipinski definition) is 1. The van der Waals surface area contributed by atoms with Gasteiger partial charge in [-0.3, -0.25) is 0 Å². The Balaban J connectivity index is 1.96. The molecule has 0 unspecified atom stereocenters. The summed E-state index contributed by atoms with van der Waals surface area (Å²) in [6.07, 6.45) is 7.39. The normalized spacial score (nSPS) is 23.2. The van der Waals surface area contributed by atoms with Gasteiger partial charge in [-0.15, -0.1) is 0 Å². The van der Waals surface area contributed by atoms with Crippen LogP contribution in [0.15, 0.2) is 6.07 Å². The van der Waals surface area contributed by atoms with Gasteiger partial charge >= 0.3 is 0 Å². The average Bonchev–Trinajstić information content (AvgIpc) is 2.91. The van der Waals surface area contributed by atoms with Gasteiger partial charge in [-0.25, -0.2) is 0 Å². The molecule has 1 fully saturated rings. The van der Waals surface area contributed by atoms with E-state index in [9.17, 15) is 5.11 Å². The molecule has 1 heterocycles. The number of aromatic amines is 1. The number of aryl methyl sites for hydroxylation is 2. The summed E-state index contributed by atoms with van der Waals surface area (Å²) in [5.41, 5.74) is 4.36. The molecular formula is C12H17NO. The monoisotopic (exact) mass is 191 g/mol. The van der Waals surface area contributed by atoms with Gasteiger partial charge in [0.25, 0.3) is 0 Å². The van der Waals surface area contributed by atoms with Crippen LogP contribution in [0.2, 0.25) is 0 Å². The third-order valence-electron chi connectivity index (χ3n) is 3.84. The Morgan fingerprint density at radius 3 is 2.71 bits per heavy atom. The standard InChI is InChI=1S/C12H17NO/c14-8-12(5-6-12)11-7-9-3-1-2-4-10(9)13-11/h7,13-14H,1-6,8H2. The first-order valence-electron chi connectivity index (χ1n) is 5.66. The molecule has 0 amide bonds. The molecule has 2 nitrogen and oxygen atoms in total. The first-order valence-corrected chi connectivity index (χ1v) is 5.66. The Hall–Kier alpha value is -0.760. The fourth-order valence-corrected chi connectivity index (χ4v) is 2.55. The van der Waals surface area contributed by atoms with Crippen LogP contribution in [0.25, 0.3) is 0 Å². The molecule has 0 radical (unpaired) electrons. The maximum atomic E-state index is 9.35. The molecule has 0 bridgehead atoms. The van der Waals surface area contributed by atoms with Crippen LogP contribution in [0.4, 0.5) is 0 Å². The van der Waals surface area contributed by atoms with Gasteiger partial charge in [0, 0.05) is 16.8 Å². The highest BCUT2D eigenvalue weighted by molar-refractivity contribution is 5.35. The van der Waals surface area contributed by atoms with E-state index < -0.39 is 0 Å². The van der Waals surface area contributed by atoms with Crippen molar-refractivity contribution >= 4 is 0 Å². The van der Waals surface area contributed by atoms with Crippen LogP contribution in [0, 0.1) is 0 Å². The highest BCUT2D eigenvalue weighted by Gasteiger charge is 2.45. The Bertz CT molecular complexity index is 326. The van der Waals surface area contributed by atoms with Gasteiger partial charge < -0.3 is 10.1 Å². The Morgan fingerprint density at radius 1 is 1.29 bits per heavy atom. The lowest BCUT2D eigenvalue weighted by Crippen LogP contribution is -2.12. The zero-order valence-electron chi connectivity index (χ0n) is 8.47. The van der Waals surface area contributed by atoms with Crippen molar-refractivity contribution in [1.82, 2.24) is 4.98 Å². The predicted molar refractivity (Wildman–Crippen MR) is 55.4 cm³/mol. The summed E-state index contributed by atoms with van der Waals surface area (Å²) in [5.74, 6) is 0. The first-order chi connectivity index (χ1) is 6.84. The second kappa shape index (κ2) is 2.86. The van der Waals surface area contributed by atoms with Gasteiger partial charge in [-0.2, -0.15) is 0 Å². The number of aromatic nitrogens is 1. The minimum absolute atomic E-state index is 0.122. The molecular weight excluding hydrogens is 174 g/mol. The molecule has 1 aromatic rings. The van der Waals surface area contributed by atoms with Gasteiger partial charge in [0.1, 0.15) is 0 Å². The Morgan fingerprint density at radius 2 is 2.07 bits per heavy atom. The summed E-state index contributed by atoms with van der Waals surface area (Å²) in [5, 5.41) is 9.35. The second-order valence-electron chi connectivity index (χ2n) is 4.83. The van der Waals surface area contributed by atoms with Crippen LogP contribution in [0.1, 0.15) is 42.6 Å². The third kappa shape index (κ3) is 1.13. The lowest BCUT2D eigenvalue weighted by Gasteiger charge is -2.09. The van der Waals surface area contributed by atoms with E-state index in [4.69, 9.17) is 0 Å². The van der Waals surface area contributed by atoms with Crippen LogP contribution < -0.4 is 0 Å². The van der Waals surface area contributed by atoms with E-state index in [1.807, 2.05) is 0 Å². The highest BCUT2D eigenvalue weighted by Crippen LogP contribution is 2.47. The first kappa shape index (κ1) is 8.54. The summed E-state index contributed by atoms with van der Waals surface area (Å²) >= 11 is 0. The fraction of sp³-hybridized carbons (Fsp3) is 0.667. The maximum absolute atomic E-state index is 9.35. The quantitative estimate of drug-likeness (QED) is 0.736. The molecule has 14 heavy (non-hydrogen) atoms. The molecule has 0 atom stereocenters. The van der Waals surface area contributed by atoms with Crippen LogP contribution >= 0.6 is 0 Å². The summed E-state index contributed by atoms with van der Waals surface area (Å²) < 4.78 is 0. The van der Waals surface area contributed by atoms with Gasteiger partial charge in [0.2, 0.25) is 0 Å². The van der Waals surface area contributed by atoms with Gasteiger partial charge in [0.05, 0.1) is 6.61 Å². The number of rotatable bonds is 2. The van der Waals surface area contributed by atoms with E-state index in [0.717, 1.165) is 12.8 Å². The van der Waals surface area contributed by atoms with Crippen molar-refractivity contribution in [3.05, 3.63) is 23.0 Å². The highest BCUT2D eigenvalue weighted by atomic mass is 16.3. The lowest BCUT2D eigenvalue weighted by atomic mass is 9.97. The largest absolute Gasteiger partial charge is 0.395 e. The van der Waals surface area contributed by atoms with E-state index >= 15 is 0 Å². The zero-order valence-corrected chi connectivity index (χ0v) is 8.47. The van der Waals surface area contributed by atoms with E-state index in [-0.39, 0.29) is 5.41 Å². The van der Waals surface area contributed by atoms with Crippen molar-refractivity contribution in [3.8, 4) is 0 Å². The molecule has 2 heteroatoms. The molecule has 76 valence electrons. The number of nitrogens with one attached hydrogen (secondary N) is 1.